The first-order chi connectivity index (χ1) is 14.6. The summed E-state index contributed by atoms with van der Waals surface area (Å²) in [6.45, 7) is 0. The summed E-state index contributed by atoms with van der Waals surface area (Å²) < 4.78 is 20.3. The van der Waals surface area contributed by atoms with Crippen molar-refractivity contribution in [1.29, 1.82) is 0 Å². The Bertz CT molecular complexity index is 1120. The number of aromatic amines is 1. The molecule has 3 N–H and O–H groups in total. The molecule has 0 amide bonds. The highest BCUT2D eigenvalue weighted by atomic mass is 19.1. The van der Waals surface area contributed by atoms with Crippen LogP contribution >= 0.6 is 0 Å². The monoisotopic (exact) mass is 408 g/mol. The maximum Gasteiger partial charge on any atom is 0.248 e. The number of ether oxygens (including phenoxy) is 1. The smallest absolute Gasteiger partial charge is 0.248 e. The van der Waals surface area contributed by atoms with E-state index in [1.807, 2.05) is 0 Å². The molecule has 0 aliphatic carbocycles. The fraction of sp³-hybridized carbons (Fsp3) is 0.318. The van der Waals surface area contributed by atoms with Gasteiger partial charge in [0.05, 0.1) is 5.69 Å². The lowest BCUT2D eigenvalue weighted by atomic mass is 10.0. The quantitative estimate of drug-likeness (QED) is 0.614. The molecule has 1 aromatic carbocycles. The predicted molar refractivity (Wildman–Crippen MR) is 109 cm³/mol. The Kier molecular flexibility index (Phi) is 4.71. The number of alkyl halides is 1. The van der Waals surface area contributed by atoms with E-state index in [1.165, 1.54) is 6.07 Å². The van der Waals surface area contributed by atoms with Crippen molar-refractivity contribution < 1.29 is 14.2 Å². The van der Waals surface area contributed by atoms with Crippen LogP contribution in [-0.4, -0.2) is 44.6 Å². The van der Waals surface area contributed by atoms with Crippen LogP contribution in [-0.2, 0) is 0 Å². The summed E-state index contributed by atoms with van der Waals surface area (Å²) in [5, 5.41) is 22.0. The first-order valence-electron chi connectivity index (χ1n) is 10.00. The van der Waals surface area contributed by atoms with Crippen molar-refractivity contribution in [3.8, 4) is 34.0 Å². The number of phenolic OH excluding ortho intramolecular Hbond substituents is 1. The summed E-state index contributed by atoms with van der Waals surface area (Å²) in [6.07, 6.45) is 2.40. The highest BCUT2D eigenvalue weighted by Crippen LogP contribution is 2.34. The number of aromatic hydroxyl groups is 1. The molecule has 8 heteroatoms. The summed E-state index contributed by atoms with van der Waals surface area (Å²) in [5.41, 5.74) is 2.18. The lowest BCUT2D eigenvalue weighted by Crippen LogP contribution is -2.51. The van der Waals surface area contributed by atoms with Gasteiger partial charge in [-0.15, -0.1) is 10.2 Å². The Balaban J connectivity index is 1.33. The van der Waals surface area contributed by atoms with Crippen LogP contribution in [0.3, 0.4) is 0 Å². The fourth-order valence-corrected chi connectivity index (χ4v) is 4.30. The van der Waals surface area contributed by atoms with Crippen LogP contribution in [0.2, 0.25) is 0 Å². The van der Waals surface area contributed by atoms with Crippen molar-refractivity contribution in [2.24, 2.45) is 0 Å². The minimum absolute atomic E-state index is 0.0227. The van der Waals surface area contributed by atoms with Crippen molar-refractivity contribution >= 4 is 0 Å². The Morgan fingerprint density at radius 2 is 1.93 bits per heavy atom. The van der Waals surface area contributed by atoms with Crippen molar-refractivity contribution in [3.05, 3.63) is 59.0 Å². The highest BCUT2D eigenvalue weighted by Gasteiger charge is 2.43. The van der Waals surface area contributed by atoms with E-state index >= 15 is 0 Å². The molecule has 2 aromatic heterocycles. The van der Waals surface area contributed by atoms with Gasteiger partial charge in [-0.05, 0) is 48.2 Å². The first kappa shape index (κ1) is 18.7. The number of fused-ring (bicyclic) bond motifs is 2. The van der Waals surface area contributed by atoms with Crippen LogP contribution in [0.15, 0.2) is 53.5 Å². The number of rotatable bonds is 4. The molecule has 5 rings (SSSR count). The Morgan fingerprint density at radius 1 is 1.07 bits per heavy atom. The van der Waals surface area contributed by atoms with Crippen molar-refractivity contribution in [1.82, 2.24) is 20.5 Å². The van der Waals surface area contributed by atoms with Gasteiger partial charge in [-0.25, -0.2) is 4.39 Å². The van der Waals surface area contributed by atoms with Crippen LogP contribution in [0.4, 0.5) is 4.39 Å². The lowest BCUT2D eigenvalue weighted by Gasteiger charge is -2.32. The number of nitrogens with one attached hydrogen (secondary N) is 2. The maximum absolute atomic E-state index is 14.5. The van der Waals surface area contributed by atoms with Gasteiger partial charge in [-0.3, -0.25) is 4.79 Å². The number of pyridine rings is 1. The normalized spacial score (nSPS) is 25.2. The molecule has 30 heavy (non-hydrogen) atoms. The van der Waals surface area contributed by atoms with Gasteiger partial charge in [0.25, 0.3) is 0 Å². The van der Waals surface area contributed by atoms with Gasteiger partial charge >= 0.3 is 0 Å². The third-order valence-corrected chi connectivity index (χ3v) is 5.83. The van der Waals surface area contributed by atoms with E-state index in [9.17, 15) is 14.3 Å². The van der Waals surface area contributed by atoms with Gasteiger partial charge in [0, 0.05) is 42.4 Å². The second kappa shape index (κ2) is 7.53. The number of piperidine rings is 1. The van der Waals surface area contributed by atoms with Gasteiger partial charge in [0.1, 0.15) is 11.9 Å². The number of hydrogen-bond acceptors (Lipinski definition) is 6. The third-order valence-electron chi connectivity index (χ3n) is 5.83. The van der Waals surface area contributed by atoms with Gasteiger partial charge < -0.3 is 20.1 Å². The van der Waals surface area contributed by atoms with Gasteiger partial charge in [0.2, 0.25) is 11.4 Å². The maximum atomic E-state index is 14.5. The SMILES string of the molecule is O=c1cc(-c2ccc(-c3ccc(O[C@H]4C[C@@H]5CC[C@@H](N5)[C@@H]4F)nn3)c(O)c2)cc[nH]1. The van der Waals surface area contributed by atoms with Crippen LogP contribution in [0.25, 0.3) is 22.4 Å². The van der Waals surface area contributed by atoms with E-state index in [0.29, 0.717) is 34.8 Å². The predicted octanol–water partition coefficient (Wildman–Crippen LogP) is 2.81. The van der Waals surface area contributed by atoms with E-state index in [-0.39, 0.29) is 23.2 Å². The molecule has 7 nitrogen and oxygen atoms in total. The van der Waals surface area contributed by atoms with E-state index in [2.05, 4.69) is 20.5 Å². The van der Waals surface area contributed by atoms with Gasteiger partial charge in [-0.1, -0.05) is 6.07 Å². The molecule has 0 spiro atoms. The molecular formula is C22H21FN4O3. The standard InChI is InChI=1S/C22H21FN4O3/c23-22-17-4-2-14(25-17)11-19(22)30-21-6-5-16(26-27-21)15-3-1-12(9-18(15)28)13-7-8-24-20(29)10-13/h1,3,5-10,14,17,19,22,25,28H,2,4,11H2,(H,24,29)/t14-,17+,19-,22-/m0/s1. The summed E-state index contributed by atoms with van der Waals surface area (Å²) in [4.78, 5) is 14.1. The summed E-state index contributed by atoms with van der Waals surface area (Å²) in [5.74, 6) is 0.293. The summed E-state index contributed by atoms with van der Waals surface area (Å²) in [7, 11) is 0. The molecule has 0 saturated carbocycles. The number of aromatic nitrogens is 3. The highest BCUT2D eigenvalue weighted by molar-refractivity contribution is 5.74. The second-order valence-electron chi connectivity index (χ2n) is 7.81. The molecule has 2 aliphatic heterocycles. The minimum Gasteiger partial charge on any atom is -0.507 e. The Labute approximate surface area is 172 Å². The Morgan fingerprint density at radius 3 is 2.70 bits per heavy atom. The van der Waals surface area contributed by atoms with Crippen LogP contribution in [0.1, 0.15) is 19.3 Å². The molecule has 4 heterocycles. The first-order valence-corrected chi connectivity index (χ1v) is 10.00. The zero-order valence-corrected chi connectivity index (χ0v) is 16.1. The average Bonchev–Trinajstić information content (AvgIpc) is 3.16. The third kappa shape index (κ3) is 3.54. The number of H-pyrrole nitrogens is 1. The molecule has 4 atom stereocenters. The Hall–Kier alpha value is -3.26. The van der Waals surface area contributed by atoms with E-state index in [1.54, 1.807) is 42.6 Å². The van der Waals surface area contributed by atoms with Crippen LogP contribution in [0.5, 0.6) is 11.6 Å². The molecule has 2 aliphatic rings. The largest absolute Gasteiger partial charge is 0.507 e. The molecule has 2 saturated heterocycles. The fourth-order valence-electron chi connectivity index (χ4n) is 4.30. The van der Waals surface area contributed by atoms with Crippen LogP contribution < -0.4 is 15.6 Å². The minimum atomic E-state index is -1.06. The number of hydrogen-bond donors (Lipinski definition) is 3. The molecule has 0 unspecified atom stereocenters. The van der Waals surface area contributed by atoms with Crippen molar-refractivity contribution in [3.63, 3.8) is 0 Å². The van der Waals surface area contributed by atoms with E-state index in [4.69, 9.17) is 4.74 Å². The zero-order chi connectivity index (χ0) is 20.7. The van der Waals surface area contributed by atoms with E-state index < -0.39 is 12.3 Å². The topological polar surface area (TPSA) is 100 Å². The molecular weight excluding hydrogens is 387 g/mol. The van der Waals surface area contributed by atoms with E-state index in [0.717, 1.165) is 12.8 Å². The zero-order valence-electron chi connectivity index (χ0n) is 16.1. The second-order valence-corrected chi connectivity index (χ2v) is 7.81. The molecule has 0 radical (unpaired) electrons. The number of phenols is 1. The van der Waals surface area contributed by atoms with Crippen LogP contribution in [0, 0.1) is 0 Å². The van der Waals surface area contributed by atoms with Crippen molar-refractivity contribution in [2.75, 3.05) is 0 Å². The van der Waals surface area contributed by atoms with Crippen molar-refractivity contribution in [2.45, 2.75) is 43.6 Å². The van der Waals surface area contributed by atoms with Gasteiger partial charge in [0.15, 0.2) is 6.17 Å². The summed E-state index contributed by atoms with van der Waals surface area (Å²) in [6, 6.07) is 11.8. The molecule has 2 fully saturated rings. The molecule has 154 valence electrons. The number of nitrogens with zero attached hydrogens (tertiary/aromatic N) is 2. The summed E-state index contributed by atoms with van der Waals surface area (Å²) >= 11 is 0. The molecule has 3 aromatic rings. The van der Waals surface area contributed by atoms with Gasteiger partial charge in [-0.2, -0.15) is 0 Å². The average molecular weight is 408 g/mol. The molecule has 2 bridgehead atoms. The lowest BCUT2D eigenvalue weighted by molar-refractivity contribution is 0.0422. The number of benzene rings is 1. The number of halogens is 1.